The summed E-state index contributed by atoms with van der Waals surface area (Å²) in [7, 11) is 0. The van der Waals surface area contributed by atoms with E-state index in [-0.39, 0.29) is 6.04 Å². The van der Waals surface area contributed by atoms with E-state index in [2.05, 4.69) is 9.97 Å². The van der Waals surface area contributed by atoms with Crippen molar-refractivity contribution in [3.8, 4) is 11.5 Å². The lowest BCUT2D eigenvalue weighted by molar-refractivity contribution is -0.0170. The van der Waals surface area contributed by atoms with Crippen LogP contribution in [-0.2, 0) is 0 Å². The average molecular weight is 419 g/mol. The van der Waals surface area contributed by atoms with Crippen LogP contribution in [-0.4, -0.2) is 56.2 Å². The second-order valence-corrected chi connectivity index (χ2v) is 7.52. The Morgan fingerprint density at radius 3 is 2.83 bits per heavy atom. The first-order chi connectivity index (χ1) is 14.0. The van der Waals surface area contributed by atoms with Gasteiger partial charge in [-0.25, -0.2) is 9.97 Å². The minimum atomic E-state index is -1.07. The van der Waals surface area contributed by atoms with E-state index in [0.29, 0.717) is 41.7 Å². The predicted octanol–water partition coefficient (Wildman–Crippen LogP) is 1.84. The minimum absolute atomic E-state index is 0.309. The maximum absolute atomic E-state index is 10.7. The van der Waals surface area contributed by atoms with Gasteiger partial charge in [-0.2, -0.15) is 0 Å². The summed E-state index contributed by atoms with van der Waals surface area (Å²) in [5, 5.41) is 22.7. The summed E-state index contributed by atoms with van der Waals surface area (Å²) >= 11 is 6.05. The molecule has 4 atom stereocenters. The summed E-state index contributed by atoms with van der Waals surface area (Å²) in [6.45, 7) is 2.56. The van der Waals surface area contributed by atoms with Crippen molar-refractivity contribution >= 4 is 22.6 Å². The number of halogens is 1. The van der Waals surface area contributed by atoms with Crippen molar-refractivity contribution < 1.29 is 19.7 Å². The van der Waals surface area contributed by atoms with E-state index in [1.807, 2.05) is 23.8 Å². The number of hydrogen-bond donors (Lipinski definition) is 3. The molecule has 0 radical (unpaired) electrons. The number of benzene rings is 1. The zero-order chi connectivity index (χ0) is 20.5. The lowest BCUT2D eigenvalue weighted by atomic mass is 10.2. The third-order valence-corrected chi connectivity index (χ3v) is 5.46. The number of hydrogen-bond acceptors (Lipinski definition) is 7. The molecule has 29 heavy (non-hydrogen) atoms. The van der Waals surface area contributed by atoms with Crippen molar-refractivity contribution in [1.82, 2.24) is 14.5 Å². The van der Waals surface area contributed by atoms with E-state index in [9.17, 15) is 10.2 Å². The Kier molecular flexibility index (Phi) is 5.60. The number of aromatic nitrogens is 3. The molecule has 2 aromatic heterocycles. The molecule has 1 fully saturated rings. The molecule has 1 saturated carbocycles. The van der Waals surface area contributed by atoms with Gasteiger partial charge in [-0.3, -0.25) is 0 Å². The largest absolute Gasteiger partial charge is 0.488 e. The smallest absolute Gasteiger partial charge is 0.162 e. The highest BCUT2D eigenvalue weighted by molar-refractivity contribution is 6.30. The van der Waals surface area contributed by atoms with Crippen LogP contribution in [0.2, 0.25) is 5.02 Å². The number of aliphatic hydroxyl groups is 2. The standard InChI is InChI=1S/C20H23ClN4O4/c1-11-13-4-6-25(20(13)24-10-23-11)14-9-17(19(27)18(14)26)29-15-3-2-12(21)8-16(15)28-7-5-22/h2-4,6,8,10,14,17-19,26-27H,5,7,9,22H2,1H3/t14-,17+,18+,19-/m1/s1. The van der Waals surface area contributed by atoms with Crippen LogP contribution < -0.4 is 15.2 Å². The zero-order valence-electron chi connectivity index (χ0n) is 15.9. The third-order valence-electron chi connectivity index (χ3n) is 5.22. The highest BCUT2D eigenvalue weighted by Gasteiger charge is 2.44. The van der Waals surface area contributed by atoms with Crippen molar-refractivity contribution in [3.63, 3.8) is 0 Å². The molecule has 8 nitrogen and oxygen atoms in total. The number of aryl methyl sites for hydroxylation is 1. The molecule has 2 heterocycles. The average Bonchev–Trinajstić information content (AvgIpc) is 3.25. The van der Waals surface area contributed by atoms with Gasteiger partial charge in [0.25, 0.3) is 0 Å². The molecule has 0 amide bonds. The molecule has 9 heteroatoms. The van der Waals surface area contributed by atoms with Crippen molar-refractivity contribution in [2.75, 3.05) is 13.2 Å². The normalized spacial score (nSPS) is 24.2. The van der Waals surface area contributed by atoms with Gasteiger partial charge in [0.15, 0.2) is 11.5 Å². The van der Waals surface area contributed by atoms with Crippen molar-refractivity contribution in [3.05, 3.63) is 47.5 Å². The summed E-state index contributed by atoms with van der Waals surface area (Å²) in [5.74, 6) is 0.887. The molecule has 154 valence electrons. The number of aliphatic hydroxyl groups excluding tert-OH is 2. The Hall–Kier alpha value is -2.39. The van der Waals surface area contributed by atoms with Crippen LogP contribution in [0, 0.1) is 6.92 Å². The first kappa shape index (κ1) is 19.9. The fourth-order valence-corrected chi connectivity index (χ4v) is 3.91. The van der Waals surface area contributed by atoms with Gasteiger partial charge in [0.05, 0.1) is 11.7 Å². The topological polar surface area (TPSA) is 116 Å². The minimum Gasteiger partial charge on any atom is -0.488 e. The van der Waals surface area contributed by atoms with Crippen LogP contribution in [0.4, 0.5) is 0 Å². The van der Waals surface area contributed by atoms with Gasteiger partial charge >= 0.3 is 0 Å². The monoisotopic (exact) mass is 418 g/mol. The van der Waals surface area contributed by atoms with E-state index in [1.165, 1.54) is 6.33 Å². The second-order valence-electron chi connectivity index (χ2n) is 7.09. The van der Waals surface area contributed by atoms with Gasteiger partial charge in [0, 0.05) is 35.6 Å². The Morgan fingerprint density at radius 1 is 1.21 bits per heavy atom. The van der Waals surface area contributed by atoms with Gasteiger partial charge in [-0.05, 0) is 25.1 Å². The molecule has 1 aliphatic carbocycles. The number of fused-ring (bicyclic) bond motifs is 1. The van der Waals surface area contributed by atoms with E-state index >= 15 is 0 Å². The quantitative estimate of drug-likeness (QED) is 0.559. The Labute approximate surface area is 172 Å². The third kappa shape index (κ3) is 3.76. The van der Waals surface area contributed by atoms with Gasteiger partial charge < -0.3 is 30.0 Å². The lowest BCUT2D eigenvalue weighted by Gasteiger charge is -2.20. The highest BCUT2D eigenvalue weighted by atomic mass is 35.5. The van der Waals surface area contributed by atoms with Crippen LogP contribution in [0.25, 0.3) is 11.0 Å². The molecule has 0 aliphatic heterocycles. The zero-order valence-corrected chi connectivity index (χ0v) is 16.7. The van der Waals surface area contributed by atoms with Gasteiger partial charge in [-0.15, -0.1) is 0 Å². The summed E-state index contributed by atoms with van der Waals surface area (Å²) in [6, 6.07) is 6.53. The lowest BCUT2D eigenvalue weighted by Crippen LogP contribution is -2.34. The SMILES string of the molecule is Cc1ncnc2c1ccn2[C@@H]1C[C@H](Oc2ccc(Cl)cc2OCCN)[C@@H](O)[C@H]1O. The second kappa shape index (κ2) is 8.16. The molecular weight excluding hydrogens is 396 g/mol. The molecule has 4 N–H and O–H groups in total. The van der Waals surface area contributed by atoms with E-state index < -0.39 is 18.3 Å². The summed E-state index contributed by atoms with van der Waals surface area (Å²) < 4.78 is 13.5. The predicted molar refractivity (Wildman–Crippen MR) is 108 cm³/mol. The summed E-state index contributed by atoms with van der Waals surface area (Å²) in [5.41, 5.74) is 7.09. The number of rotatable bonds is 6. The van der Waals surface area contributed by atoms with Crippen molar-refractivity contribution in [2.45, 2.75) is 37.7 Å². The van der Waals surface area contributed by atoms with Crippen LogP contribution >= 0.6 is 11.6 Å². The summed E-state index contributed by atoms with van der Waals surface area (Å²) in [6.07, 6.45) is 1.04. The fraction of sp³-hybridized carbons (Fsp3) is 0.400. The molecule has 4 rings (SSSR count). The first-order valence-electron chi connectivity index (χ1n) is 9.43. The van der Waals surface area contributed by atoms with E-state index in [0.717, 1.165) is 11.1 Å². The van der Waals surface area contributed by atoms with E-state index in [4.69, 9.17) is 26.8 Å². The number of nitrogens with two attached hydrogens (primary N) is 1. The van der Waals surface area contributed by atoms with Crippen molar-refractivity contribution in [2.24, 2.45) is 5.73 Å². The fourth-order valence-electron chi connectivity index (χ4n) is 3.75. The van der Waals surface area contributed by atoms with Crippen LogP contribution in [0.3, 0.4) is 0 Å². The Bertz CT molecular complexity index is 1010. The molecule has 0 bridgehead atoms. The Morgan fingerprint density at radius 2 is 2.03 bits per heavy atom. The molecule has 3 aromatic rings. The summed E-state index contributed by atoms with van der Waals surface area (Å²) in [4.78, 5) is 8.54. The molecular formula is C20H23ClN4O4. The van der Waals surface area contributed by atoms with Crippen LogP contribution in [0.5, 0.6) is 11.5 Å². The molecule has 0 saturated heterocycles. The number of ether oxygens (including phenoxy) is 2. The van der Waals surface area contributed by atoms with Crippen molar-refractivity contribution in [1.29, 1.82) is 0 Å². The van der Waals surface area contributed by atoms with Crippen LogP contribution in [0.15, 0.2) is 36.8 Å². The number of nitrogens with zero attached hydrogens (tertiary/aromatic N) is 3. The molecule has 1 aromatic carbocycles. The van der Waals surface area contributed by atoms with Gasteiger partial charge in [-0.1, -0.05) is 11.6 Å². The molecule has 1 aliphatic rings. The Balaban J connectivity index is 1.59. The first-order valence-corrected chi connectivity index (χ1v) is 9.80. The molecule has 0 spiro atoms. The maximum atomic E-state index is 10.7. The maximum Gasteiger partial charge on any atom is 0.162 e. The van der Waals surface area contributed by atoms with Gasteiger partial charge in [0.2, 0.25) is 0 Å². The molecule has 0 unspecified atom stereocenters. The van der Waals surface area contributed by atoms with Gasteiger partial charge in [0.1, 0.15) is 36.9 Å². The van der Waals surface area contributed by atoms with E-state index in [1.54, 1.807) is 18.2 Å². The highest BCUT2D eigenvalue weighted by Crippen LogP contribution is 2.38. The van der Waals surface area contributed by atoms with Crippen LogP contribution in [0.1, 0.15) is 18.2 Å².